The number of carboxylic acid groups (broad SMARTS) is 1. The zero-order valence-electron chi connectivity index (χ0n) is 14.7. The summed E-state index contributed by atoms with van der Waals surface area (Å²) in [7, 11) is 0. The van der Waals surface area contributed by atoms with Gasteiger partial charge in [-0.15, -0.1) is 0 Å². The minimum Gasteiger partial charge on any atom is -0.550 e. The van der Waals surface area contributed by atoms with Crippen molar-refractivity contribution in [1.29, 1.82) is 0 Å². The van der Waals surface area contributed by atoms with Gasteiger partial charge < -0.3 is 9.90 Å². The number of aliphatic carboxylic acids is 1. The first-order valence-electron chi connectivity index (χ1n) is 8.22. The van der Waals surface area contributed by atoms with Gasteiger partial charge in [-0.05, 0) is 51.4 Å². The third kappa shape index (κ3) is 24.6. The fourth-order valence-corrected chi connectivity index (χ4v) is 1.73. The predicted octanol–water partition coefficient (Wildman–Crippen LogP) is 1.66. The fraction of sp³-hybridized carbons (Fsp3) is 0.450. The molecule has 2 nitrogen and oxygen atoms in total. The standard InChI is InChI=1S/C20H30O2.Cs/c1-2-3-4-5-6-7-8-9-10-11-12-13-14-15-16-17-18-19-20(21)22;/h3-4,6-7,9-10,12-13,15-16H,2,5,8,11,14,17-19H2,1H3,(H,21,22);/q;+1/p-1. The van der Waals surface area contributed by atoms with Gasteiger partial charge in [0.25, 0.3) is 0 Å². The average Bonchev–Trinajstić information content (AvgIpc) is 2.50. The zero-order valence-corrected chi connectivity index (χ0v) is 21.0. The summed E-state index contributed by atoms with van der Waals surface area (Å²) in [6.07, 6.45) is 28.1. The maximum Gasteiger partial charge on any atom is 1.00 e. The van der Waals surface area contributed by atoms with E-state index in [9.17, 15) is 9.90 Å². The molecule has 0 radical (unpaired) electrons. The van der Waals surface area contributed by atoms with Gasteiger partial charge in [0.2, 0.25) is 0 Å². The van der Waals surface area contributed by atoms with Gasteiger partial charge in [0.1, 0.15) is 0 Å². The van der Waals surface area contributed by atoms with E-state index in [-0.39, 0.29) is 75.3 Å². The summed E-state index contributed by atoms with van der Waals surface area (Å²) in [5, 5.41) is 10.2. The van der Waals surface area contributed by atoms with Crippen molar-refractivity contribution >= 4 is 5.97 Å². The second kappa shape index (κ2) is 22.2. The summed E-state index contributed by atoms with van der Waals surface area (Å²) in [6, 6.07) is 0. The van der Waals surface area contributed by atoms with E-state index in [2.05, 4.69) is 61.6 Å². The molecule has 0 aliphatic carbocycles. The van der Waals surface area contributed by atoms with Gasteiger partial charge in [0, 0.05) is 5.97 Å². The van der Waals surface area contributed by atoms with E-state index in [0.717, 1.165) is 38.5 Å². The third-order valence-corrected chi connectivity index (χ3v) is 2.91. The Morgan fingerprint density at radius 3 is 1.52 bits per heavy atom. The quantitative estimate of drug-likeness (QED) is 0.327. The van der Waals surface area contributed by atoms with Crippen molar-refractivity contribution in [2.45, 2.75) is 58.3 Å². The van der Waals surface area contributed by atoms with E-state index in [0.29, 0.717) is 6.42 Å². The largest absolute Gasteiger partial charge is 1.00 e. The first-order valence-corrected chi connectivity index (χ1v) is 8.22. The van der Waals surface area contributed by atoms with E-state index in [4.69, 9.17) is 0 Å². The number of allylic oxidation sites excluding steroid dienone is 10. The van der Waals surface area contributed by atoms with Gasteiger partial charge in [-0.2, -0.15) is 0 Å². The maximum atomic E-state index is 10.2. The Balaban J connectivity index is 0. The van der Waals surface area contributed by atoms with Crippen LogP contribution in [0.3, 0.4) is 0 Å². The molecule has 0 bridgehead atoms. The number of rotatable bonds is 13. The minimum absolute atomic E-state index is 0. The summed E-state index contributed by atoms with van der Waals surface area (Å²) < 4.78 is 0. The maximum absolute atomic E-state index is 10.2. The van der Waals surface area contributed by atoms with Crippen LogP contribution < -0.4 is 74.0 Å². The van der Waals surface area contributed by atoms with Crippen molar-refractivity contribution in [2.75, 3.05) is 0 Å². The molecule has 0 rings (SSSR count). The molecule has 23 heavy (non-hydrogen) atoms. The first kappa shape index (κ1) is 25.5. The van der Waals surface area contributed by atoms with Crippen LogP contribution in [0.2, 0.25) is 0 Å². The van der Waals surface area contributed by atoms with Crippen molar-refractivity contribution < 1.29 is 78.8 Å². The predicted molar refractivity (Wildman–Crippen MR) is 93.3 cm³/mol. The Morgan fingerprint density at radius 1 is 0.739 bits per heavy atom. The molecule has 0 fully saturated rings. The molecular weight excluding hydrogens is 405 g/mol. The second-order valence-electron chi connectivity index (χ2n) is 4.97. The Bertz CT molecular complexity index is 404. The molecule has 122 valence electrons. The number of hydrogen-bond acceptors (Lipinski definition) is 2. The summed E-state index contributed by atoms with van der Waals surface area (Å²) >= 11 is 0. The van der Waals surface area contributed by atoms with Gasteiger partial charge >= 0.3 is 68.9 Å². The molecule has 0 aromatic rings. The molecule has 0 atom stereocenters. The van der Waals surface area contributed by atoms with Crippen LogP contribution in [0.1, 0.15) is 58.3 Å². The van der Waals surface area contributed by atoms with Crippen LogP contribution >= 0.6 is 0 Å². The monoisotopic (exact) mass is 434 g/mol. The molecule has 3 heteroatoms. The van der Waals surface area contributed by atoms with Gasteiger partial charge in [0.15, 0.2) is 0 Å². The molecule has 0 heterocycles. The van der Waals surface area contributed by atoms with E-state index in [1.807, 2.05) is 6.08 Å². The van der Waals surface area contributed by atoms with E-state index < -0.39 is 5.97 Å². The number of carbonyl (C=O) groups excluding carboxylic acids is 1. The smallest absolute Gasteiger partial charge is 0.550 e. The number of carboxylic acids is 1. The van der Waals surface area contributed by atoms with Gasteiger partial charge in [-0.25, -0.2) is 0 Å². The van der Waals surface area contributed by atoms with Crippen molar-refractivity contribution in [3.8, 4) is 0 Å². The average molecular weight is 434 g/mol. The molecule has 0 N–H and O–H groups in total. The van der Waals surface area contributed by atoms with Crippen LogP contribution in [0, 0.1) is 0 Å². The van der Waals surface area contributed by atoms with E-state index in [1.165, 1.54) is 0 Å². The molecule has 0 aliphatic heterocycles. The minimum atomic E-state index is -0.965. The molecule has 0 saturated carbocycles. The van der Waals surface area contributed by atoms with Crippen LogP contribution in [0.25, 0.3) is 0 Å². The first-order chi connectivity index (χ1) is 10.8. The van der Waals surface area contributed by atoms with Crippen LogP contribution in [0.15, 0.2) is 60.8 Å². The SMILES string of the molecule is CCC=CCC=CCC=CCC=CCC=CCCCC(=O)[O-].[Cs+]. The molecule has 0 unspecified atom stereocenters. The van der Waals surface area contributed by atoms with Crippen molar-refractivity contribution in [2.24, 2.45) is 0 Å². The summed E-state index contributed by atoms with van der Waals surface area (Å²) in [5.41, 5.74) is 0. The van der Waals surface area contributed by atoms with Crippen LogP contribution in [-0.2, 0) is 4.79 Å². The summed E-state index contributed by atoms with van der Waals surface area (Å²) in [6.45, 7) is 2.14. The van der Waals surface area contributed by atoms with E-state index in [1.54, 1.807) is 0 Å². The van der Waals surface area contributed by atoms with Crippen LogP contribution in [0.4, 0.5) is 0 Å². The molecular formula is C20H29CsO2. The number of hydrogen-bond donors (Lipinski definition) is 0. The van der Waals surface area contributed by atoms with Gasteiger partial charge in [-0.3, -0.25) is 0 Å². The Hall–Kier alpha value is 0.222. The molecule has 0 amide bonds. The van der Waals surface area contributed by atoms with Crippen LogP contribution in [0.5, 0.6) is 0 Å². The van der Waals surface area contributed by atoms with Gasteiger partial charge in [0.05, 0.1) is 0 Å². The van der Waals surface area contributed by atoms with E-state index >= 15 is 0 Å². The molecule has 0 aromatic heterocycles. The Kier molecular flexibility index (Phi) is 24.6. The second-order valence-corrected chi connectivity index (χ2v) is 4.97. The number of carbonyl (C=O) groups is 1. The van der Waals surface area contributed by atoms with Crippen molar-refractivity contribution in [3.05, 3.63) is 60.8 Å². The normalized spacial score (nSPS) is 12.2. The third-order valence-electron chi connectivity index (χ3n) is 2.91. The Labute approximate surface area is 200 Å². The topological polar surface area (TPSA) is 40.1 Å². The van der Waals surface area contributed by atoms with Gasteiger partial charge in [-0.1, -0.05) is 67.7 Å². The molecule has 0 aliphatic rings. The van der Waals surface area contributed by atoms with Crippen LogP contribution in [-0.4, -0.2) is 5.97 Å². The zero-order chi connectivity index (χ0) is 16.3. The molecule has 0 spiro atoms. The fourth-order valence-electron chi connectivity index (χ4n) is 1.73. The van der Waals surface area contributed by atoms with Crippen molar-refractivity contribution in [3.63, 3.8) is 0 Å². The molecule has 0 aromatic carbocycles. The summed E-state index contributed by atoms with van der Waals surface area (Å²) in [4.78, 5) is 10.2. The summed E-state index contributed by atoms with van der Waals surface area (Å²) in [5.74, 6) is -0.965. The Morgan fingerprint density at radius 2 is 1.13 bits per heavy atom. The molecule has 0 saturated heterocycles. The van der Waals surface area contributed by atoms with Crippen molar-refractivity contribution in [1.82, 2.24) is 0 Å². The number of unbranched alkanes of at least 4 members (excludes halogenated alkanes) is 1.